The molecule has 0 aliphatic carbocycles. The van der Waals surface area contributed by atoms with Gasteiger partial charge in [-0.1, -0.05) is 19.1 Å². The summed E-state index contributed by atoms with van der Waals surface area (Å²) in [5, 5.41) is 25.7. The van der Waals surface area contributed by atoms with Crippen LogP contribution in [0, 0.1) is 5.92 Å². The van der Waals surface area contributed by atoms with E-state index in [1.165, 1.54) is 10.9 Å². The Kier molecular flexibility index (Phi) is 3.09. The van der Waals surface area contributed by atoms with Crippen LogP contribution in [0.25, 0.3) is 0 Å². The molecule has 6 heteroatoms. The molecule has 84 valence electrons. The van der Waals surface area contributed by atoms with Crippen molar-refractivity contribution in [3.8, 4) is 0 Å². The summed E-state index contributed by atoms with van der Waals surface area (Å²) in [6.07, 6.45) is 1.30. The smallest absolute Gasteiger partial charge is 0.358 e. The molecule has 15 heavy (non-hydrogen) atoms. The number of carboxylic acid groups (broad SMARTS) is 1. The quantitative estimate of drug-likeness (QED) is 0.755. The lowest BCUT2D eigenvalue weighted by Crippen LogP contribution is -2.36. The van der Waals surface area contributed by atoms with Gasteiger partial charge in [-0.3, -0.25) is 0 Å². The summed E-state index contributed by atoms with van der Waals surface area (Å²) in [5.74, 6) is -1.07. The van der Waals surface area contributed by atoms with Gasteiger partial charge in [0.05, 0.1) is 18.3 Å². The van der Waals surface area contributed by atoms with Crippen molar-refractivity contribution in [2.75, 3.05) is 0 Å². The first-order chi connectivity index (χ1) is 6.83. The Balaban J connectivity index is 2.77. The summed E-state index contributed by atoms with van der Waals surface area (Å²) >= 11 is 0. The first kappa shape index (κ1) is 11.6. The van der Waals surface area contributed by atoms with Crippen LogP contribution in [-0.4, -0.2) is 36.8 Å². The average molecular weight is 213 g/mol. The van der Waals surface area contributed by atoms with Crippen molar-refractivity contribution >= 4 is 5.97 Å². The lowest BCUT2D eigenvalue weighted by atomic mass is 9.93. The first-order valence-corrected chi connectivity index (χ1v) is 4.68. The number of hydrogen-bond acceptors (Lipinski definition) is 4. The largest absolute Gasteiger partial charge is 0.476 e. The predicted molar refractivity (Wildman–Crippen MR) is 52.4 cm³/mol. The lowest BCUT2D eigenvalue weighted by molar-refractivity contribution is -0.00613. The second kappa shape index (κ2) is 3.98. The first-order valence-electron chi connectivity index (χ1n) is 4.68. The Bertz CT molecular complexity index is 357. The fraction of sp³-hybridized carbons (Fsp3) is 0.667. The molecule has 1 aromatic rings. The summed E-state index contributed by atoms with van der Waals surface area (Å²) < 4.78 is 1.34. The topological polar surface area (TPSA) is 88.2 Å². The molecule has 6 nitrogen and oxygen atoms in total. The molecule has 1 heterocycles. The van der Waals surface area contributed by atoms with Crippen LogP contribution >= 0.6 is 0 Å². The van der Waals surface area contributed by atoms with Crippen molar-refractivity contribution < 1.29 is 15.0 Å². The highest BCUT2D eigenvalue weighted by Crippen LogP contribution is 2.17. The third kappa shape index (κ3) is 2.76. The van der Waals surface area contributed by atoms with Crippen LogP contribution in [0.5, 0.6) is 0 Å². The maximum atomic E-state index is 10.5. The van der Waals surface area contributed by atoms with E-state index < -0.39 is 11.6 Å². The number of carboxylic acids is 1. The van der Waals surface area contributed by atoms with Crippen molar-refractivity contribution in [2.24, 2.45) is 5.92 Å². The molecule has 0 saturated heterocycles. The molecular formula is C9H15N3O3. The summed E-state index contributed by atoms with van der Waals surface area (Å²) in [5.41, 5.74) is -1.04. The van der Waals surface area contributed by atoms with E-state index in [0.717, 1.165) is 0 Å². The summed E-state index contributed by atoms with van der Waals surface area (Å²) in [4.78, 5) is 10.5. The molecule has 0 amide bonds. The Morgan fingerprint density at radius 3 is 2.67 bits per heavy atom. The zero-order chi connectivity index (χ0) is 11.6. The lowest BCUT2D eigenvalue weighted by Gasteiger charge is -2.26. The highest BCUT2D eigenvalue weighted by molar-refractivity contribution is 5.84. The molecule has 0 aliphatic heterocycles. The average Bonchev–Trinajstić information content (AvgIpc) is 2.51. The maximum Gasteiger partial charge on any atom is 0.358 e. The number of nitrogens with zero attached hydrogens (tertiary/aromatic N) is 3. The highest BCUT2D eigenvalue weighted by Gasteiger charge is 2.26. The standard InChI is InChI=1S/C9H15N3O3/c1-6(2)9(3,15)5-12-4-7(8(13)14)10-11-12/h4,6,15H,5H2,1-3H3,(H,13,14). The van der Waals surface area contributed by atoms with Gasteiger partial charge in [-0.05, 0) is 12.8 Å². The summed E-state index contributed by atoms with van der Waals surface area (Å²) in [7, 11) is 0. The van der Waals surface area contributed by atoms with E-state index in [1.807, 2.05) is 13.8 Å². The molecule has 0 radical (unpaired) electrons. The molecule has 1 aromatic heterocycles. The van der Waals surface area contributed by atoms with E-state index in [0.29, 0.717) is 0 Å². The molecule has 0 spiro atoms. The third-order valence-electron chi connectivity index (χ3n) is 2.48. The number of carbonyl (C=O) groups is 1. The van der Waals surface area contributed by atoms with Crippen LogP contribution in [0.3, 0.4) is 0 Å². The minimum Gasteiger partial charge on any atom is -0.476 e. The van der Waals surface area contributed by atoms with E-state index >= 15 is 0 Å². The number of aliphatic hydroxyl groups is 1. The number of hydrogen-bond donors (Lipinski definition) is 2. The van der Waals surface area contributed by atoms with Gasteiger partial charge in [0.25, 0.3) is 0 Å². The summed E-state index contributed by atoms with van der Waals surface area (Å²) in [6.45, 7) is 5.68. The van der Waals surface area contributed by atoms with Crippen LogP contribution < -0.4 is 0 Å². The molecule has 1 atom stereocenters. The van der Waals surface area contributed by atoms with Crippen LogP contribution in [-0.2, 0) is 6.54 Å². The van der Waals surface area contributed by atoms with E-state index in [4.69, 9.17) is 5.11 Å². The van der Waals surface area contributed by atoms with Gasteiger partial charge in [0, 0.05) is 0 Å². The van der Waals surface area contributed by atoms with Crippen molar-refractivity contribution in [2.45, 2.75) is 32.9 Å². The van der Waals surface area contributed by atoms with E-state index in [2.05, 4.69) is 10.3 Å². The fourth-order valence-electron chi connectivity index (χ4n) is 0.984. The van der Waals surface area contributed by atoms with Crippen molar-refractivity contribution in [3.05, 3.63) is 11.9 Å². The minimum absolute atomic E-state index is 0.0509. The van der Waals surface area contributed by atoms with Gasteiger partial charge in [0.2, 0.25) is 0 Å². The maximum absolute atomic E-state index is 10.5. The zero-order valence-electron chi connectivity index (χ0n) is 9.01. The van der Waals surface area contributed by atoms with Crippen molar-refractivity contribution in [1.82, 2.24) is 15.0 Å². The van der Waals surface area contributed by atoms with Crippen molar-refractivity contribution in [1.29, 1.82) is 0 Å². The second-order valence-electron chi connectivity index (χ2n) is 4.12. The van der Waals surface area contributed by atoms with Crippen LogP contribution in [0.4, 0.5) is 0 Å². The van der Waals surface area contributed by atoms with E-state index in [-0.39, 0.29) is 18.2 Å². The Labute approximate surface area is 87.5 Å². The van der Waals surface area contributed by atoms with Crippen LogP contribution in [0.1, 0.15) is 31.3 Å². The highest BCUT2D eigenvalue weighted by atomic mass is 16.4. The Morgan fingerprint density at radius 2 is 2.27 bits per heavy atom. The van der Waals surface area contributed by atoms with Gasteiger partial charge in [0.1, 0.15) is 0 Å². The molecule has 0 aromatic carbocycles. The van der Waals surface area contributed by atoms with Gasteiger partial charge in [-0.2, -0.15) is 0 Å². The molecule has 0 saturated carbocycles. The molecule has 0 bridgehead atoms. The van der Waals surface area contributed by atoms with Gasteiger partial charge >= 0.3 is 5.97 Å². The van der Waals surface area contributed by atoms with Crippen LogP contribution in [0.2, 0.25) is 0 Å². The molecule has 1 unspecified atom stereocenters. The molecule has 1 rings (SSSR count). The monoisotopic (exact) mass is 213 g/mol. The number of aromatic nitrogens is 3. The Hall–Kier alpha value is -1.43. The molecular weight excluding hydrogens is 198 g/mol. The van der Waals surface area contributed by atoms with E-state index in [1.54, 1.807) is 6.92 Å². The number of aromatic carboxylic acids is 1. The second-order valence-corrected chi connectivity index (χ2v) is 4.12. The van der Waals surface area contributed by atoms with Crippen LogP contribution in [0.15, 0.2) is 6.20 Å². The fourth-order valence-corrected chi connectivity index (χ4v) is 0.984. The third-order valence-corrected chi connectivity index (χ3v) is 2.48. The van der Waals surface area contributed by atoms with Gasteiger partial charge in [-0.25, -0.2) is 9.48 Å². The minimum atomic E-state index is -1.12. The van der Waals surface area contributed by atoms with E-state index in [9.17, 15) is 9.90 Å². The normalized spacial score (nSPS) is 15.3. The Morgan fingerprint density at radius 1 is 1.67 bits per heavy atom. The SMILES string of the molecule is CC(C)C(C)(O)Cn1cc(C(=O)O)nn1. The predicted octanol–water partition coefficient (Wildman–Crippen LogP) is 0.383. The number of rotatable bonds is 4. The molecule has 0 aliphatic rings. The van der Waals surface area contributed by atoms with Crippen molar-refractivity contribution in [3.63, 3.8) is 0 Å². The summed E-state index contributed by atoms with van der Waals surface area (Å²) in [6, 6.07) is 0. The van der Waals surface area contributed by atoms with Gasteiger partial charge < -0.3 is 10.2 Å². The molecule has 2 N–H and O–H groups in total. The van der Waals surface area contributed by atoms with Gasteiger partial charge in [0.15, 0.2) is 5.69 Å². The molecule has 0 fully saturated rings. The zero-order valence-corrected chi connectivity index (χ0v) is 9.01. The van der Waals surface area contributed by atoms with Gasteiger partial charge in [-0.15, -0.1) is 5.10 Å².